The molecule has 0 aromatic rings. The molecule has 0 atom stereocenters. The maximum absolute atomic E-state index is 11.0. The summed E-state index contributed by atoms with van der Waals surface area (Å²) in [6, 6.07) is 0. The molecule has 0 aromatic heterocycles. The van der Waals surface area contributed by atoms with Gasteiger partial charge in [-0.1, -0.05) is 0 Å². The first kappa shape index (κ1) is 11.2. The third-order valence-electron chi connectivity index (χ3n) is 0.379. The Morgan fingerprint density at radius 3 is 2.00 bits per heavy atom. The SMILES string of the molecule is COC(=O)C(F)F.[Na]. The van der Waals surface area contributed by atoms with E-state index in [0.29, 0.717) is 0 Å². The first-order valence-electron chi connectivity index (χ1n) is 1.54. The molecule has 0 bridgehead atoms. The zero-order valence-electron chi connectivity index (χ0n) is 4.65. The Hall–Kier alpha value is 0.330. The van der Waals surface area contributed by atoms with E-state index in [1.165, 1.54) is 0 Å². The van der Waals surface area contributed by atoms with Crippen LogP contribution < -0.4 is 0 Å². The van der Waals surface area contributed by atoms with Crippen LogP contribution in [0.25, 0.3) is 0 Å². The van der Waals surface area contributed by atoms with Gasteiger partial charge in [0.05, 0.1) is 7.11 Å². The number of methoxy groups -OCH3 is 1. The van der Waals surface area contributed by atoms with Crippen LogP contribution in [0, 0.1) is 0 Å². The number of esters is 1. The summed E-state index contributed by atoms with van der Waals surface area (Å²) in [6.45, 7) is 0. The Balaban J connectivity index is 0. The second-order valence-electron chi connectivity index (χ2n) is 0.824. The van der Waals surface area contributed by atoms with Crippen LogP contribution in [0.5, 0.6) is 0 Å². The molecule has 1 radical (unpaired) electrons. The van der Waals surface area contributed by atoms with Gasteiger partial charge in [0.25, 0.3) is 0 Å². The number of carbonyl (C=O) groups is 1. The van der Waals surface area contributed by atoms with Crippen molar-refractivity contribution in [1.82, 2.24) is 0 Å². The van der Waals surface area contributed by atoms with E-state index in [9.17, 15) is 13.6 Å². The maximum atomic E-state index is 11.0. The number of halogens is 2. The van der Waals surface area contributed by atoms with E-state index in [1.807, 2.05) is 0 Å². The van der Waals surface area contributed by atoms with Gasteiger partial charge in [0, 0.05) is 29.6 Å². The summed E-state index contributed by atoms with van der Waals surface area (Å²) in [5.41, 5.74) is 0. The number of alkyl halides is 2. The van der Waals surface area contributed by atoms with Gasteiger partial charge in [0.2, 0.25) is 0 Å². The van der Waals surface area contributed by atoms with Crippen molar-refractivity contribution in [2.45, 2.75) is 6.43 Å². The predicted octanol–water partition coefficient (Wildman–Crippen LogP) is 0.0437. The molecule has 0 saturated carbocycles. The van der Waals surface area contributed by atoms with Crippen LogP contribution in [-0.4, -0.2) is 49.1 Å². The molecule has 2 nitrogen and oxygen atoms in total. The number of ether oxygens (including phenoxy) is 1. The van der Waals surface area contributed by atoms with Crippen LogP contribution >= 0.6 is 0 Å². The van der Waals surface area contributed by atoms with E-state index in [1.54, 1.807) is 0 Å². The zero-order chi connectivity index (χ0) is 5.86. The van der Waals surface area contributed by atoms with Crippen molar-refractivity contribution in [3.63, 3.8) is 0 Å². The number of carbonyl (C=O) groups excluding carboxylic acids is 1. The molecule has 0 fully saturated rings. The second kappa shape index (κ2) is 5.47. The topological polar surface area (TPSA) is 26.3 Å². The van der Waals surface area contributed by atoms with Gasteiger partial charge < -0.3 is 4.74 Å². The third kappa shape index (κ3) is 4.49. The van der Waals surface area contributed by atoms with Gasteiger partial charge >= 0.3 is 12.4 Å². The van der Waals surface area contributed by atoms with Gasteiger partial charge in [-0.25, -0.2) is 4.79 Å². The fourth-order valence-electron chi connectivity index (χ4n) is 0.0891. The zero-order valence-corrected chi connectivity index (χ0v) is 6.65. The molecule has 0 aliphatic carbocycles. The van der Waals surface area contributed by atoms with Crippen molar-refractivity contribution in [3.8, 4) is 0 Å². The molecule has 0 aliphatic rings. The Labute approximate surface area is 67.5 Å². The minimum atomic E-state index is -3.00. The standard InChI is InChI=1S/C3H4F2O2.Na/c1-7-3(6)2(4)5;/h2H,1H3;. The average Bonchev–Trinajstić information content (AvgIpc) is 1.65. The largest absolute Gasteiger partial charge is 0.465 e. The quantitative estimate of drug-likeness (QED) is 0.373. The van der Waals surface area contributed by atoms with Gasteiger partial charge in [0.1, 0.15) is 0 Å². The molecule has 5 heteroatoms. The third-order valence-corrected chi connectivity index (χ3v) is 0.379. The summed E-state index contributed by atoms with van der Waals surface area (Å²) in [5.74, 6) is -1.49. The van der Waals surface area contributed by atoms with Crippen LogP contribution in [0.2, 0.25) is 0 Å². The summed E-state index contributed by atoms with van der Waals surface area (Å²) in [5, 5.41) is 0. The second-order valence-corrected chi connectivity index (χ2v) is 0.824. The molecule has 0 N–H and O–H groups in total. The van der Waals surface area contributed by atoms with Crippen LogP contribution in [0.1, 0.15) is 0 Å². The summed E-state index contributed by atoms with van der Waals surface area (Å²) >= 11 is 0. The van der Waals surface area contributed by atoms with Crippen molar-refractivity contribution in [1.29, 1.82) is 0 Å². The molecule has 0 heterocycles. The first-order chi connectivity index (χ1) is 3.18. The van der Waals surface area contributed by atoms with E-state index < -0.39 is 12.4 Å². The van der Waals surface area contributed by atoms with E-state index in [4.69, 9.17) is 0 Å². The fraction of sp³-hybridized carbons (Fsp3) is 0.667. The van der Waals surface area contributed by atoms with Crippen molar-refractivity contribution in [2.75, 3.05) is 7.11 Å². The average molecular weight is 133 g/mol. The Morgan fingerprint density at radius 2 is 2.00 bits per heavy atom. The van der Waals surface area contributed by atoms with E-state index in [2.05, 4.69) is 4.74 Å². The number of hydrogen-bond donors (Lipinski definition) is 0. The molecule has 0 rings (SSSR count). The number of hydrogen-bond acceptors (Lipinski definition) is 2. The van der Waals surface area contributed by atoms with Crippen LogP contribution in [-0.2, 0) is 9.53 Å². The smallest absolute Gasteiger partial charge is 0.373 e. The molecular formula is C3H4F2NaO2. The van der Waals surface area contributed by atoms with Gasteiger partial charge in [-0.05, 0) is 0 Å². The Kier molecular flexibility index (Phi) is 7.63. The van der Waals surface area contributed by atoms with Crippen molar-refractivity contribution >= 4 is 35.5 Å². The summed E-state index contributed by atoms with van der Waals surface area (Å²) in [7, 11) is 0.911. The van der Waals surface area contributed by atoms with Crippen molar-refractivity contribution in [3.05, 3.63) is 0 Å². The van der Waals surface area contributed by atoms with Gasteiger partial charge in [-0.15, -0.1) is 0 Å². The molecular weight excluding hydrogens is 129 g/mol. The van der Waals surface area contributed by atoms with E-state index in [-0.39, 0.29) is 29.6 Å². The van der Waals surface area contributed by atoms with Crippen LogP contribution in [0.4, 0.5) is 8.78 Å². The molecule has 0 amide bonds. The van der Waals surface area contributed by atoms with Crippen LogP contribution in [0.15, 0.2) is 0 Å². The number of rotatable bonds is 1. The molecule has 0 aromatic carbocycles. The van der Waals surface area contributed by atoms with Crippen molar-refractivity contribution in [2.24, 2.45) is 0 Å². The van der Waals surface area contributed by atoms with Crippen LogP contribution in [0.3, 0.4) is 0 Å². The molecule has 0 aliphatic heterocycles. The van der Waals surface area contributed by atoms with Gasteiger partial charge in [-0.2, -0.15) is 8.78 Å². The van der Waals surface area contributed by atoms with E-state index in [0.717, 1.165) is 7.11 Å². The summed E-state index contributed by atoms with van der Waals surface area (Å²) in [6.07, 6.45) is -3.00. The molecule has 0 unspecified atom stereocenters. The molecule has 43 valence electrons. The predicted molar refractivity (Wildman–Crippen MR) is 23.8 cm³/mol. The molecule has 0 saturated heterocycles. The Morgan fingerprint density at radius 1 is 1.62 bits per heavy atom. The minimum absolute atomic E-state index is 0. The summed E-state index contributed by atoms with van der Waals surface area (Å²) < 4.78 is 25.5. The normalized spacial score (nSPS) is 8.00. The monoisotopic (exact) mass is 133 g/mol. The minimum Gasteiger partial charge on any atom is -0.465 e. The van der Waals surface area contributed by atoms with E-state index >= 15 is 0 Å². The Bertz CT molecular complexity index is 75.7. The fourth-order valence-corrected chi connectivity index (χ4v) is 0.0891. The van der Waals surface area contributed by atoms with Gasteiger partial charge in [0.15, 0.2) is 0 Å². The summed E-state index contributed by atoms with van der Waals surface area (Å²) in [4.78, 5) is 9.54. The van der Waals surface area contributed by atoms with Crippen molar-refractivity contribution < 1.29 is 18.3 Å². The maximum Gasteiger partial charge on any atom is 0.373 e. The van der Waals surface area contributed by atoms with Gasteiger partial charge in [-0.3, -0.25) is 0 Å². The molecule has 8 heavy (non-hydrogen) atoms. The molecule has 0 spiro atoms. The first-order valence-corrected chi connectivity index (χ1v) is 1.54.